The third-order valence-corrected chi connectivity index (χ3v) is 8.37. The molecule has 0 radical (unpaired) electrons. The molecule has 2 amide bonds. The van der Waals surface area contributed by atoms with E-state index in [0.717, 1.165) is 18.8 Å². The molecule has 2 fully saturated rings. The van der Waals surface area contributed by atoms with Gasteiger partial charge < -0.3 is 15.7 Å². The lowest BCUT2D eigenvalue weighted by atomic mass is 9.90. The van der Waals surface area contributed by atoms with Crippen LogP contribution < -0.4 is 10.6 Å². The number of amides is 2. The van der Waals surface area contributed by atoms with E-state index in [0.29, 0.717) is 18.8 Å². The van der Waals surface area contributed by atoms with Crippen LogP contribution in [0.15, 0.2) is 54.6 Å². The fourth-order valence-electron chi connectivity index (χ4n) is 6.62. The van der Waals surface area contributed by atoms with Crippen molar-refractivity contribution in [2.24, 2.45) is 11.8 Å². The molecule has 0 spiro atoms. The van der Waals surface area contributed by atoms with E-state index in [4.69, 9.17) is 0 Å². The van der Waals surface area contributed by atoms with Crippen LogP contribution in [-0.2, 0) is 16.0 Å². The summed E-state index contributed by atoms with van der Waals surface area (Å²) in [5, 5.41) is 23.1. The number of aliphatic hydroxyl groups excluding tert-OH is 1. The minimum Gasteiger partial charge on any atom is -0.394 e. The number of benzene rings is 4. The first-order valence-corrected chi connectivity index (χ1v) is 13.0. The van der Waals surface area contributed by atoms with E-state index in [1.54, 1.807) is 0 Å². The van der Waals surface area contributed by atoms with Gasteiger partial charge in [0.15, 0.2) is 0 Å². The Bertz CT molecular complexity index is 1380. The average molecular weight is 469 g/mol. The van der Waals surface area contributed by atoms with Crippen molar-refractivity contribution >= 4 is 44.1 Å². The summed E-state index contributed by atoms with van der Waals surface area (Å²) >= 11 is 0. The van der Waals surface area contributed by atoms with Crippen LogP contribution in [0.1, 0.15) is 44.1 Å². The molecule has 0 heterocycles. The van der Waals surface area contributed by atoms with Gasteiger partial charge in [0, 0.05) is 12.5 Å². The molecule has 4 aromatic carbocycles. The summed E-state index contributed by atoms with van der Waals surface area (Å²) in [6, 6.07) is 18.8. The number of aliphatic hydroxyl groups is 1. The largest absolute Gasteiger partial charge is 0.394 e. The summed E-state index contributed by atoms with van der Waals surface area (Å²) in [7, 11) is 0. The van der Waals surface area contributed by atoms with Crippen LogP contribution in [0, 0.1) is 11.8 Å². The summed E-state index contributed by atoms with van der Waals surface area (Å²) < 4.78 is 0. The summed E-state index contributed by atoms with van der Waals surface area (Å²) in [4.78, 5) is 25.3. The Labute approximate surface area is 205 Å². The van der Waals surface area contributed by atoms with Crippen molar-refractivity contribution in [1.29, 1.82) is 0 Å². The smallest absolute Gasteiger partial charge is 0.245 e. The molecule has 0 saturated heterocycles. The molecular formula is C30H32N2O3. The monoisotopic (exact) mass is 468 g/mol. The first-order chi connectivity index (χ1) is 17.1. The van der Waals surface area contributed by atoms with Gasteiger partial charge in [0.1, 0.15) is 6.04 Å². The SMILES string of the molecule is O=C(CCCc1ccc2ccc3cccc4ccc1c2c34)NC(CO)C(=O)NC1CC2CCC1C2. The second kappa shape index (κ2) is 9.12. The van der Waals surface area contributed by atoms with Gasteiger partial charge in [-0.15, -0.1) is 0 Å². The standard InChI is InChI=1S/C30H32N2O3/c33-17-26(30(35)32-25-16-18-7-8-23(25)15-18)31-27(34)6-2-3-19-9-10-22-12-11-20-4-1-5-21-13-14-24(19)29(22)28(20)21/h1,4-5,9-14,18,23,25-26,33H,2-3,6-8,15-17H2,(H,31,34)(H,32,35). The second-order valence-corrected chi connectivity index (χ2v) is 10.5. The second-order valence-electron chi connectivity index (χ2n) is 10.5. The summed E-state index contributed by atoms with van der Waals surface area (Å²) in [6.45, 7) is -0.382. The van der Waals surface area contributed by atoms with Gasteiger partial charge in [-0.3, -0.25) is 9.59 Å². The molecule has 0 aliphatic heterocycles. The molecule has 5 nitrogen and oxygen atoms in total. The first-order valence-electron chi connectivity index (χ1n) is 13.0. The fourth-order valence-corrected chi connectivity index (χ4v) is 6.62. The van der Waals surface area contributed by atoms with Crippen LogP contribution in [0.25, 0.3) is 32.3 Å². The third-order valence-electron chi connectivity index (χ3n) is 8.37. The molecule has 4 atom stereocenters. The molecule has 6 rings (SSSR count). The van der Waals surface area contributed by atoms with Crippen molar-refractivity contribution in [2.45, 2.75) is 57.0 Å². The van der Waals surface area contributed by atoms with Crippen molar-refractivity contribution in [2.75, 3.05) is 6.61 Å². The molecule has 4 aromatic rings. The summed E-state index contributed by atoms with van der Waals surface area (Å²) in [5.74, 6) is 0.839. The highest BCUT2D eigenvalue weighted by atomic mass is 16.3. The molecule has 5 heteroatoms. The zero-order valence-electron chi connectivity index (χ0n) is 19.9. The lowest BCUT2D eigenvalue weighted by molar-refractivity contribution is -0.130. The maximum absolute atomic E-state index is 12.7. The number of aryl methyl sites for hydroxylation is 1. The zero-order chi connectivity index (χ0) is 23.9. The van der Waals surface area contributed by atoms with E-state index in [1.807, 2.05) is 0 Å². The molecule has 2 aliphatic rings. The Morgan fingerprint density at radius 2 is 1.66 bits per heavy atom. The number of carbonyl (C=O) groups excluding carboxylic acids is 2. The van der Waals surface area contributed by atoms with Crippen molar-refractivity contribution in [3.8, 4) is 0 Å². The lowest BCUT2D eigenvalue weighted by Crippen LogP contribution is -2.52. The maximum atomic E-state index is 12.7. The lowest BCUT2D eigenvalue weighted by Gasteiger charge is -2.25. The number of rotatable bonds is 8. The number of fused-ring (bicyclic) bond motifs is 2. The van der Waals surface area contributed by atoms with Crippen LogP contribution in [0.5, 0.6) is 0 Å². The molecular weight excluding hydrogens is 436 g/mol. The maximum Gasteiger partial charge on any atom is 0.245 e. The minimum atomic E-state index is -0.879. The molecule has 3 N–H and O–H groups in total. The quantitative estimate of drug-likeness (QED) is 0.328. The van der Waals surface area contributed by atoms with Gasteiger partial charge in [-0.05, 0) is 81.8 Å². The topological polar surface area (TPSA) is 78.4 Å². The van der Waals surface area contributed by atoms with E-state index in [-0.39, 0.29) is 24.5 Å². The fraction of sp³-hybridized carbons (Fsp3) is 0.400. The van der Waals surface area contributed by atoms with Crippen LogP contribution in [0.2, 0.25) is 0 Å². The van der Waals surface area contributed by atoms with Gasteiger partial charge >= 0.3 is 0 Å². The Kier molecular flexibility index (Phi) is 5.81. The molecule has 0 aromatic heterocycles. The van der Waals surface area contributed by atoms with Gasteiger partial charge in [-0.2, -0.15) is 0 Å². The molecule has 2 bridgehead atoms. The number of hydrogen-bond acceptors (Lipinski definition) is 3. The van der Waals surface area contributed by atoms with E-state index in [9.17, 15) is 14.7 Å². The Balaban J connectivity index is 1.09. The molecule has 180 valence electrons. The first kappa shape index (κ1) is 22.3. The van der Waals surface area contributed by atoms with Gasteiger partial charge in [0.05, 0.1) is 6.61 Å². The zero-order valence-corrected chi connectivity index (χ0v) is 19.9. The van der Waals surface area contributed by atoms with E-state index < -0.39 is 6.04 Å². The summed E-state index contributed by atoms with van der Waals surface area (Å²) in [5.41, 5.74) is 1.23. The van der Waals surface area contributed by atoms with Crippen molar-refractivity contribution < 1.29 is 14.7 Å². The van der Waals surface area contributed by atoms with Crippen LogP contribution >= 0.6 is 0 Å². The average Bonchev–Trinajstić information content (AvgIpc) is 3.50. The van der Waals surface area contributed by atoms with Gasteiger partial charge in [0.2, 0.25) is 11.8 Å². The highest BCUT2D eigenvalue weighted by Gasteiger charge is 2.40. The normalized spacial score (nSPS) is 22.3. The predicted molar refractivity (Wildman–Crippen MR) is 139 cm³/mol. The number of nitrogens with one attached hydrogen (secondary N) is 2. The van der Waals surface area contributed by atoms with Gasteiger partial charge in [-0.1, -0.05) is 61.0 Å². The Morgan fingerprint density at radius 1 is 0.914 bits per heavy atom. The van der Waals surface area contributed by atoms with E-state index in [2.05, 4.69) is 65.2 Å². The summed E-state index contributed by atoms with van der Waals surface area (Å²) in [6.07, 6.45) is 6.45. The third kappa shape index (κ3) is 4.12. The van der Waals surface area contributed by atoms with Crippen LogP contribution in [0.3, 0.4) is 0 Å². The predicted octanol–water partition coefficient (Wildman–Crippen LogP) is 4.69. The van der Waals surface area contributed by atoms with Crippen LogP contribution in [0.4, 0.5) is 0 Å². The van der Waals surface area contributed by atoms with Gasteiger partial charge in [0.25, 0.3) is 0 Å². The highest BCUT2D eigenvalue weighted by molar-refractivity contribution is 6.23. The van der Waals surface area contributed by atoms with Crippen molar-refractivity contribution in [3.63, 3.8) is 0 Å². The molecule has 2 saturated carbocycles. The molecule has 35 heavy (non-hydrogen) atoms. The minimum absolute atomic E-state index is 0.190. The Hall–Kier alpha value is -3.18. The molecule has 2 aliphatic carbocycles. The van der Waals surface area contributed by atoms with Crippen LogP contribution in [-0.4, -0.2) is 35.6 Å². The Morgan fingerprint density at radius 3 is 2.37 bits per heavy atom. The van der Waals surface area contributed by atoms with Crippen molar-refractivity contribution in [3.05, 3.63) is 60.2 Å². The highest BCUT2D eigenvalue weighted by Crippen LogP contribution is 2.44. The molecule has 4 unspecified atom stereocenters. The number of hydrogen-bond donors (Lipinski definition) is 3. The van der Waals surface area contributed by atoms with E-state index >= 15 is 0 Å². The van der Waals surface area contributed by atoms with Gasteiger partial charge in [-0.25, -0.2) is 0 Å². The van der Waals surface area contributed by atoms with Crippen molar-refractivity contribution in [1.82, 2.24) is 10.6 Å². The van der Waals surface area contributed by atoms with E-state index in [1.165, 1.54) is 57.1 Å². The number of carbonyl (C=O) groups is 2.